The van der Waals surface area contributed by atoms with Gasteiger partial charge in [-0.2, -0.15) is 0 Å². The Morgan fingerprint density at radius 3 is 2.52 bits per heavy atom. The smallest absolute Gasteiger partial charge is 0.277 e. The number of amides is 2. The maximum atomic E-state index is 12.1. The number of aromatic nitrogens is 2. The van der Waals surface area contributed by atoms with Crippen LogP contribution in [-0.2, 0) is 4.79 Å². The molecule has 0 radical (unpaired) electrons. The van der Waals surface area contributed by atoms with Gasteiger partial charge in [-0.3, -0.25) is 9.59 Å². The van der Waals surface area contributed by atoms with Crippen LogP contribution in [0.1, 0.15) is 10.4 Å². The Balaban J connectivity index is 1.62. The van der Waals surface area contributed by atoms with Crippen molar-refractivity contribution in [2.45, 2.75) is 5.22 Å². The van der Waals surface area contributed by atoms with Crippen LogP contribution in [0.4, 0.5) is 5.69 Å². The first-order chi connectivity index (χ1) is 14.0. The molecule has 0 saturated heterocycles. The van der Waals surface area contributed by atoms with E-state index in [9.17, 15) is 9.59 Å². The molecule has 0 unspecified atom stereocenters. The molecule has 0 aliphatic heterocycles. The second-order valence-electron chi connectivity index (χ2n) is 5.72. The number of anilines is 1. The minimum absolute atomic E-state index is 0.0639. The highest BCUT2D eigenvalue weighted by Crippen LogP contribution is 2.33. The molecule has 3 aromatic rings. The summed E-state index contributed by atoms with van der Waals surface area (Å²) in [7, 11) is 3.10. The highest BCUT2D eigenvalue weighted by molar-refractivity contribution is 7.99. The van der Waals surface area contributed by atoms with Crippen LogP contribution < -0.4 is 20.5 Å². The SMILES string of the molecule is COc1ccc(OC)c(-c2nnc(SCC(=O)Nc3ccc(C(N)=O)cc3)o2)c1. The molecule has 0 saturated carbocycles. The Hall–Kier alpha value is -3.53. The van der Waals surface area contributed by atoms with Crippen molar-refractivity contribution in [2.24, 2.45) is 5.73 Å². The predicted molar refractivity (Wildman–Crippen MR) is 107 cm³/mol. The van der Waals surface area contributed by atoms with Gasteiger partial charge in [0.1, 0.15) is 11.5 Å². The number of methoxy groups -OCH3 is 2. The molecule has 0 aliphatic rings. The van der Waals surface area contributed by atoms with Crippen molar-refractivity contribution in [3.8, 4) is 23.0 Å². The lowest BCUT2D eigenvalue weighted by molar-refractivity contribution is -0.113. The van der Waals surface area contributed by atoms with Gasteiger partial charge in [0.05, 0.1) is 25.5 Å². The van der Waals surface area contributed by atoms with Gasteiger partial charge in [0.15, 0.2) is 0 Å². The van der Waals surface area contributed by atoms with Gasteiger partial charge < -0.3 is 24.9 Å². The molecule has 0 aliphatic carbocycles. The minimum Gasteiger partial charge on any atom is -0.497 e. The molecule has 2 aromatic carbocycles. The molecular weight excluding hydrogens is 396 g/mol. The number of primary amides is 1. The van der Waals surface area contributed by atoms with E-state index in [1.165, 1.54) is 19.2 Å². The summed E-state index contributed by atoms with van der Waals surface area (Å²) in [5.41, 5.74) is 6.69. The number of carbonyl (C=O) groups excluding carboxylic acids is 2. The Kier molecular flexibility index (Phi) is 6.35. The van der Waals surface area contributed by atoms with Crippen molar-refractivity contribution in [3.05, 3.63) is 48.0 Å². The highest BCUT2D eigenvalue weighted by atomic mass is 32.2. The molecule has 150 valence electrons. The quantitative estimate of drug-likeness (QED) is 0.538. The number of benzene rings is 2. The third-order valence-corrected chi connectivity index (χ3v) is 4.64. The van der Waals surface area contributed by atoms with Crippen LogP contribution in [-0.4, -0.2) is 42.0 Å². The zero-order valence-electron chi connectivity index (χ0n) is 15.7. The second kappa shape index (κ2) is 9.11. The summed E-state index contributed by atoms with van der Waals surface area (Å²) in [5.74, 6) is 0.705. The van der Waals surface area contributed by atoms with E-state index in [-0.39, 0.29) is 22.8 Å². The van der Waals surface area contributed by atoms with Crippen LogP contribution in [0.2, 0.25) is 0 Å². The van der Waals surface area contributed by atoms with Crippen molar-refractivity contribution in [3.63, 3.8) is 0 Å². The van der Waals surface area contributed by atoms with E-state index in [0.717, 1.165) is 11.8 Å². The molecule has 9 nitrogen and oxygen atoms in total. The summed E-state index contributed by atoms with van der Waals surface area (Å²) in [6, 6.07) is 11.5. The molecule has 1 aromatic heterocycles. The van der Waals surface area contributed by atoms with Crippen LogP contribution >= 0.6 is 11.8 Å². The predicted octanol–water partition coefficient (Wildman–Crippen LogP) is 2.58. The number of hydrogen-bond acceptors (Lipinski definition) is 8. The molecule has 3 rings (SSSR count). The third kappa shape index (κ3) is 5.05. The molecule has 0 spiro atoms. The van der Waals surface area contributed by atoms with E-state index in [1.54, 1.807) is 37.4 Å². The largest absolute Gasteiger partial charge is 0.497 e. The average Bonchev–Trinajstić information content (AvgIpc) is 3.21. The van der Waals surface area contributed by atoms with Crippen LogP contribution in [0.5, 0.6) is 11.5 Å². The topological polar surface area (TPSA) is 130 Å². The van der Waals surface area contributed by atoms with Crippen molar-refractivity contribution in [1.29, 1.82) is 0 Å². The van der Waals surface area contributed by atoms with E-state index in [2.05, 4.69) is 15.5 Å². The Bertz CT molecular complexity index is 1020. The van der Waals surface area contributed by atoms with Gasteiger partial charge in [-0.1, -0.05) is 11.8 Å². The maximum Gasteiger partial charge on any atom is 0.277 e. The minimum atomic E-state index is -0.529. The van der Waals surface area contributed by atoms with Crippen LogP contribution in [0.3, 0.4) is 0 Å². The van der Waals surface area contributed by atoms with Gasteiger partial charge in [-0.15, -0.1) is 10.2 Å². The van der Waals surface area contributed by atoms with E-state index in [1.807, 2.05) is 0 Å². The molecule has 29 heavy (non-hydrogen) atoms. The number of hydrogen-bond donors (Lipinski definition) is 2. The summed E-state index contributed by atoms with van der Waals surface area (Å²) in [5, 5.41) is 10.9. The molecule has 2 amide bonds. The molecule has 0 atom stereocenters. The fourth-order valence-corrected chi connectivity index (χ4v) is 2.96. The summed E-state index contributed by atoms with van der Waals surface area (Å²) >= 11 is 1.10. The fraction of sp³-hybridized carbons (Fsp3) is 0.158. The average molecular weight is 414 g/mol. The number of nitrogens with one attached hydrogen (secondary N) is 1. The van der Waals surface area contributed by atoms with E-state index in [0.29, 0.717) is 28.3 Å². The zero-order valence-corrected chi connectivity index (χ0v) is 16.5. The van der Waals surface area contributed by atoms with Crippen LogP contribution in [0, 0.1) is 0 Å². The molecule has 0 fully saturated rings. The van der Waals surface area contributed by atoms with Crippen molar-refractivity contribution >= 4 is 29.3 Å². The van der Waals surface area contributed by atoms with Gasteiger partial charge in [0.2, 0.25) is 11.8 Å². The van der Waals surface area contributed by atoms with E-state index in [4.69, 9.17) is 19.6 Å². The maximum absolute atomic E-state index is 12.1. The Labute approximate surface area is 170 Å². The van der Waals surface area contributed by atoms with Gasteiger partial charge in [0.25, 0.3) is 11.1 Å². The van der Waals surface area contributed by atoms with Crippen molar-refractivity contribution in [1.82, 2.24) is 10.2 Å². The molecule has 0 bridgehead atoms. The highest BCUT2D eigenvalue weighted by Gasteiger charge is 2.16. The monoisotopic (exact) mass is 414 g/mol. The number of ether oxygens (including phenoxy) is 2. The van der Waals surface area contributed by atoms with E-state index >= 15 is 0 Å². The standard InChI is InChI=1S/C19H18N4O5S/c1-26-13-7-8-15(27-2)14(9-13)18-22-23-19(28-18)29-10-16(24)21-12-5-3-11(4-6-12)17(20)25/h3-9H,10H2,1-2H3,(H2,20,25)(H,21,24). The first-order valence-corrected chi connectivity index (χ1v) is 9.37. The number of nitrogens with two attached hydrogens (primary N) is 1. The molecule has 1 heterocycles. The first-order valence-electron chi connectivity index (χ1n) is 8.38. The fourth-order valence-electron chi connectivity index (χ4n) is 2.40. The van der Waals surface area contributed by atoms with Gasteiger partial charge in [-0.25, -0.2) is 0 Å². The normalized spacial score (nSPS) is 10.4. The summed E-state index contributed by atoms with van der Waals surface area (Å²) in [6.45, 7) is 0. The number of carbonyl (C=O) groups is 2. The van der Waals surface area contributed by atoms with Gasteiger partial charge in [0, 0.05) is 11.3 Å². The summed E-state index contributed by atoms with van der Waals surface area (Å²) in [6.07, 6.45) is 0. The number of rotatable bonds is 8. The third-order valence-electron chi connectivity index (χ3n) is 3.82. The number of nitrogens with zero attached hydrogens (tertiary/aromatic N) is 2. The second-order valence-corrected chi connectivity index (χ2v) is 6.64. The first kappa shape index (κ1) is 20.2. The van der Waals surface area contributed by atoms with Crippen molar-refractivity contribution < 1.29 is 23.5 Å². The Morgan fingerprint density at radius 2 is 1.86 bits per heavy atom. The van der Waals surface area contributed by atoms with Crippen LogP contribution in [0.15, 0.2) is 52.1 Å². The number of thioether (sulfide) groups is 1. The molecular formula is C19H18N4O5S. The Morgan fingerprint density at radius 1 is 1.10 bits per heavy atom. The molecule has 3 N–H and O–H groups in total. The van der Waals surface area contributed by atoms with Crippen LogP contribution in [0.25, 0.3) is 11.5 Å². The van der Waals surface area contributed by atoms with Gasteiger partial charge in [-0.05, 0) is 42.5 Å². The van der Waals surface area contributed by atoms with E-state index < -0.39 is 5.91 Å². The van der Waals surface area contributed by atoms with Crippen molar-refractivity contribution in [2.75, 3.05) is 25.3 Å². The lowest BCUT2D eigenvalue weighted by Gasteiger charge is -2.07. The summed E-state index contributed by atoms with van der Waals surface area (Å²) < 4.78 is 16.2. The van der Waals surface area contributed by atoms with Gasteiger partial charge >= 0.3 is 0 Å². The molecule has 10 heteroatoms. The zero-order chi connectivity index (χ0) is 20.8. The lowest BCUT2D eigenvalue weighted by atomic mass is 10.2. The lowest BCUT2D eigenvalue weighted by Crippen LogP contribution is -2.15. The summed E-state index contributed by atoms with van der Waals surface area (Å²) in [4.78, 5) is 23.2.